The second-order valence-electron chi connectivity index (χ2n) is 5.36. The predicted molar refractivity (Wildman–Crippen MR) is 78.0 cm³/mol. The minimum Gasteiger partial charge on any atom is -0.388 e. The molecule has 0 unspecified atom stereocenters. The second kappa shape index (κ2) is 7.21. The quantitative estimate of drug-likeness (QED) is 0.473. The summed E-state index contributed by atoms with van der Waals surface area (Å²) in [7, 11) is 1.77. The molecule has 0 radical (unpaired) electrons. The average molecular weight is 282 g/mol. The van der Waals surface area contributed by atoms with Crippen molar-refractivity contribution >= 4 is 11.4 Å². The molecule has 1 aromatic carbocycles. The molecule has 0 amide bonds. The zero-order valence-corrected chi connectivity index (χ0v) is 12.4. The molecule has 1 N–H and O–H groups in total. The Morgan fingerprint density at radius 1 is 1.30 bits per heavy atom. The van der Waals surface area contributed by atoms with Crippen molar-refractivity contribution < 1.29 is 14.4 Å². The lowest BCUT2D eigenvalue weighted by atomic mass is 10.1. The van der Waals surface area contributed by atoms with E-state index in [0.717, 1.165) is 11.3 Å². The highest BCUT2D eigenvalue weighted by atomic mass is 16.6. The van der Waals surface area contributed by atoms with E-state index >= 15 is 0 Å². The van der Waals surface area contributed by atoms with Gasteiger partial charge in [0, 0.05) is 30.4 Å². The van der Waals surface area contributed by atoms with Gasteiger partial charge in [-0.15, -0.1) is 0 Å². The van der Waals surface area contributed by atoms with E-state index in [1.807, 2.05) is 20.8 Å². The number of hydrogen-bond donors (Lipinski definition) is 1. The molecular formula is C14H22N2O4. The van der Waals surface area contributed by atoms with E-state index in [9.17, 15) is 10.1 Å². The van der Waals surface area contributed by atoms with Crippen LogP contribution in [0.2, 0.25) is 0 Å². The third kappa shape index (κ3) is 5.54. The Hall–Kier alpha value is -1.66. The topological polar surface area (TPSA) is 73.6 Å². The SMILES string of the molecule is CNc1ccc([N+](=O)[O-])cc1COCCOC(C)(C)C. The summed E-state index contributed by atoms with van der Waals surface area (Å²) in [5.41, 5.74) is 1.46. The second-order valence-corrected chi connectivity index (χ2v) is 5.36. The Bertz CT molecular complexity index is 455. The fraction of sp³-hybridized carbons (Fsp3) is 0.571. The normalized spacial score (nSPS) is 11.4. The number of nitrogens with one attached hydrogen (secondary N) is 1. The average Bonchev–Trinajstić information content (AvgIpc) is 2.36. The van der Waals surface area contributed by atoms with E-state index in [1.165, 1.54) is 12.1 Å². The minimum absolute atomic E-state index is 0.0635. The summed E-state index contributed by atoms with van der Waals surface area (Å²) in [5.74, 6) is 0. The smallest absolute Gasteiger partial charge is 0.269 e. The van der Waals surface area contributed by atoms with Gasteiger partial charge < -0.3 is 14.8 Å². The Balaban J connectivity index is 2.53. The number of ether oxygens (including phenoxy) is 2. The van der Waals surface area contributed by atoms with Gasteiger partial charge in [-0.05, 0) is 26.8 Å². The van der Waals surface area contributed by atoms with Crippen molar-refractivity contribution in [2.75, 3.05) is 25.6 Å². The van der Waals surface area contributed by atoms with Crippen LogP contribution in [-0.4, -0.2) is 30.8 Å². The van der Waals surface area contributed by atoms with Gasteiger partial charge in [0.05, 0.1) is 30.3 Å². The van der Waals surface area contributed by atoms with Crippen molar-refractivity contribution in [2.24, 2.45) is 0 Å². The molecule has 0 fully saturated rings. The van der Waals surface area contributed by atoms with E-state index in [2.05, 4.69) is 5.32 Å². The third-order valence-corrected chi connectivity index (χ3v) is 2.59. The Labute approximate surface area is 119 Å². The van der Waals surface area contributed by atoms with E-state index in [4.69, 9.17) is 9.47 Å². The summed E-state index contributed by atoms with van der Waals surface area (Å²) < 4.78 is 11.0. The highest BCUT2D eigenvalue weighted by Gasteiger charge is 2.11. The van der Waals surface area contributed by atoms with Crippen LogP contribution in [0.1, 0.15) is 26.3 Å². The summed E-state index contributed by atoms with van der Waals surface area (Å²) in [6.45, 7) is 7.19. The molecule has 0 atom stereocenters. The maximum atomic E-state index is 10.8. The first-order chi connectivity index (χ1) is 9.33. The Morgan fingerprint density at radius 3 is 2.55 bits per heavy atom. The number of nitrogens with zero attached hydrogens (tertiary/aromatic N) is 1. The molecule has 6 heteroatoms. The molecular weight excluding hydrogens is 260 g/mol. The first-order valence-electron chi connectivity index (χ1n) is 6.50. The standard InChI is InChI=1S/C14H22N2O4/c1-14(2,3)20-8-7-19-10-11-9-12(16(17)18)5-6-13(11)15-4/h5-6,9,15H,7-8,10H2,1-4H3. The Morgan fingerprint density at radius 2 is 2.00 bits per heavy atom. The van der Waals surface area contributed by atoms with Crippen LogP contribution in [0.25, 0.3) is 0 Å². The van der Waals surface area contributed by atoms with Crippen LogP contribution in [0.3, 0.4) is 0 Å². The molecule has 0 saturated heterocycles. The third-order valence-electron chi connectivity index (χ3n) is 2.59. The maximum Gasteiger partial charge on any atom is 0.269 e. The highest BCUT2D eigenvalue weighted by molar-refractivity contribution is 5.55. The molecule has 0 bridgehead atoms. The lowest BCUT2D eigenvalue weighted by Gasteiger charge is -2.19. The van der Waals surface area contributed by atoms with Gasteiger partial charge in [-0.1, -0.05) is 0 Å². The number of benzene rings is 1. The molecule has 0 aliphatic carbocycles. The zero-order chi connectivity index (χ0) is 15.2. The van der Waals surface area contributed by atoms with E-state index in [1.54, 1.807) is 13.1 Å². The van der Waals surface area contributed by atoms with Crippen LogP contribution in [0, 0.1) is 10.1 Å². The maximum absolute atomic E-state index is 10.8. The number of anilines is 1. The van der Waals surface area contributed by atoms with Crippen LogP contribution in [0.4, 0.5) is 11.4 Å². The van der Waals surface area contributed by atoms with Crippen LogP contribution < -0.4 is 5.32 Å². The zero-order valence-electron chi connectivity index (χ0n) is 12.4. The van der Waals surface area contributed by atoms with Crippen LogP contribution in [-0.2, 0) is 16.1 Å². The molecule has 112 valence electrons. The van der Waals surface area contributed by atoms with E-state index < -0.39 is 4.92 Å². The Kier molecular flexibility index (Phi) is 5.91. The first-order valence-corrected chi connectivity index (χ1v) is 6.50. The molecule has 1 aromatic rings. The molecule has 0 aliphatic rings. The van der Waals surface area contributed by atoms with E-state index in [-0.39, 0.29) is 11.3 Å². The number of nitro groups is 1. The highest BCUT2D eigenvalue weighted by Crippen LogP contribution is 2.22. The molecule has 1 rings (SSSR count). The monoisotopic (exact) mass is 282 g/mol. The van der Waals surface area contributed by atoms with Crippen molar-refractivity contribution in [1.82, 2.24) is 0 Å². The van der Waals surface area contributed by atoms with Crippen LogP contribution in [0.5, 0.6) is 0 Å². The predicted octanol–water partition coefficient (Wildman–Crippen LogP) is 2.97. The lowest BCUT2D eigenvalue weighted by molar-refractivity contribution is -0.384. The lowest BCUT2D eigenvalue weighted by Crippen LogP contribution is -2.21. The number of rotatable bonds is 7. The van der Waals surface area contributed by atoms with Crippen molar-refractivity contribution in [2.45, 2.75) is 33.0 Å². The number of hydrogen-bond acceptors (Lipinski definition) is 5. The molecule has 20 heavy (non-hydrogen) atoms. The van der Waals surface area contributed by atoms with Gasteiger partial charge in [0.15, 0.2) is 0 Å². The summed E-state index contributed by atoms with van der Waals surface area (Å²) in [4.78, 5) is 10.4. The summed E-state index contributed by atoms with van der Waals surface area (Å²) in [6.07, 6.45) is 0. The van der Waals surface area contributed by atoms with Crippen molar-refractivity contribution in [3.05, 3.63) is 33.9 Å². The molecule has 0 aliphatic heterocycles. The van der Waals surface area contributed by atoms with Gasteiger partial charge in [0.25, 0.3) is 5.69 Å². The first kappa shape index (κ1) is 16.4. The summed E-state index contributed by atoms with van der Waals surface area (Å²) >= 11 is 0. The van der Waals surface area contributed by atoms with Gasteiger partial charge in [0.2, 0.25) is 0 Å². The summed E-state index contributed by atoms with van der Waals surface area (Å²) in [6, 6.07) is 4.68. The minimum atomic E-state index is -0.411. The van der Waals surface area contributed by atoms with Gasteiger partial charge in [-0.25, -0.2) is 0 Å². The van der Waals surface area contributed by atoms with Gasteiger partial charge in [-0.2, -0.15) is 0 Å². The fourth-order valence-corrected chi connectivity index (χ4v) is 1.65. The molecule has 0 heterocycles. The van der Waals surface area contributed by atoms with Gasteiger partial charge in [0.1, 0.15) is 0 Å². The molecule has 0 spiro atoms. The number of nitro benzene ring substituents is 1. The molecule has 0 saturated carbocycles. The number of non-ortho nitro benzene ring substituents is 1. The molecule has 6 nitrogen and oxygen atoms in total. The van der Waals surface area contributed by atoms with Crippen molar-refractivity contribution in [3.8, 4) is 0 Å². The van der Waals surface area contributed by atoms with Crippen molar-refractivity contribution in [1.29, 1.82) is 0 Å². The van der Waals surface area contributed by atoms with Crippen LogP contribution >= 0.6 is 0 Å². The van der Waals surface area contributed by atoms with Crippen molar-refractivity contribution in [3.63, 3.8) is 0 Å². The largest absolute Gasteiger partial charge is 0.388 e. The van der Waals surface area contributed by atoms with Crippen LogP contribution in [0.15, 0.2) is 18.2 Å². The van der Waals surface area contributed by atoms with E-state index in [0.29, 0.717) is 19.8 Å². The fourth-order valence-electron chi connectivity index (χ4n) is 1.65. The summed E-state index contributed by atoms with van der Waals surface area (Å²) in [5, 5.41) is 13.8. The van der Waals surface area contributed by atoms with Gasteiger partial charge in [-0.3, -0.25) is 10.1 Å². The molecule has 0 aromatic heterocycles. The van der Waals surface area contributed by atoms with Gasteiger partial charge >= 0.3 is 0 Å².